The zero-order valence-corrected chi connectivity index (χ0v) is 4.76. The molecule has 0 aliphatic rings. The average Bonchev–Trinajstić information content (AvgIpc) is 1.90. The van der Waals surface area contributed by atoms with Gasteiger partial charge in [0.1, 0.15) is 6.20 Å². The molecule has 41 valence electrons. The van der Waals surface area contributed by atoms with Gasteiger partial charge in [-0.15, -0.1) is 0 Å². The van der Waals surface area contributed by atoms with Gasteiger partial charge in [-0.2, -0.15) is 0 Å². The smallest absolute Gasteiger partial charge is 0.108 e. The van der Waals surface area contributed by atoms with Crippen LogP contribution in [0.15, 0.2) is 12.4 Å². The van der Waals surface area contributed by atoms with Crippen LogP contribution in [0.1, 0.15) is 12.6 Å². The first-order valence-electron chi connectivity index (χ1n) is 2.60. The highest BCUT2D eigenvalue weighted by Gasteiger charge is 1.83. The summed E-state index contributed by atoms with van der Waals surface area (Å²) < 4.78 is 0. The van der Waals surface area contributed by atoms with Gasteiger partial charge >= 0.3 is 0 Å². The van der Waals surface area contributed by atoms with Gasteiger partial charge in [0.05, 0.1) is 11.9 Å². The Kier molecular flexibility index (Phi) is 1.57. The van der Waals surface area contributed by atoms with Gasteiger partial charge in [-0.05, 0) is 6.42 Å². The second kappa shape index (κ2) is 2.40. The van der Waals surface area contributed by atoms with Crippen LogP contribution in [0.5, 0.6) is 0 Å². The molecule has 0 fully saturated rings. The quantitative estimate of drug-likeness (QED) is 0.531. The fraction of sp³-hybridized carbons (Fsp3) is 0.333. The molecule has 2 nitrogen and oxygen atoms in total. The third-order valence-corrected chi connectivity index (χ3v) is 0.938. The van der Waals surface area contributed by atoms with Crippen LogP contribution >= 0.6 is 0 Å². The molecule has 1 rings (SSSR count). The molecule has 8 heavy (non-hydrogen) atoms. The normalized spacial score (nSPS) is 9.12. The molecule has 0 unspecified atom stereocenters. The largest absolute Gasteiger partial charge is 0.257 e. The molecule has 0 aliphatic heterocycles. The maximum Gasteiger partial charge on any atom is 0.108 e. The van der Waals surface area contributed by atoms with Crippen LogP contribution in [-0.2, 0) is 6.42 Å². The molecule has 1 aromatic heterocycles. The van der Waals surface area contributed by atoms with E-state index in [4.69, 9.17) is 0 Å². The molecule has 0 spiro atoms. The molecule has 1 radical (unpaired) electrons. The highest BCUT2D eigenvalue weighted by molar-refractivity contribution is 4.92. The van der Waals surface area contributed by atoms with Crippen LogP contribution in [-0.4, -0.2) is 9.97 Å². The number of hydrogen-bond donors (Lipinski definition) is 0. The van der Waals surface area contributed by atoms with Crippen molar-refractivity contribution < 1.29 is 0 Å². The van der Waals surface area contributed by atoms with Gasteiger partial charge in [-0.3, -0.25) is 9.97 Å². The topological polar surface area (TPSA) is 25.8 Å². The van der Waals surface area contributed by atoms with E-state index in [1.165, 1.54) is 0 Å². The summed E-state index contributed by atoms with van der Waals surface area (Å²) in [6.45, 7) is 2.05. The van der Waals surface area contributed by atoms with Crippen molar-refractivity contribution in [3.8, 4) is 0 Å². The number of rotatable bonds is 1. The monoisotopic (exact) mass is 107 g/mol. The first-order valence-corrected chi connectivity index (χ1v) is 2.60. The summed E-state index contributed by atoms with van der Waals surface area (Å²) in [5.74, 6) is 0. The molecule has 0 aromatic carbocycles. The Morgan fingerprint density at radius 3 is 3.00 bits per heavy atom. The van der Waals surface area contributed by atoms with Crippen molar-refractivity contribution in [1.29, 1.82) is 0 Å². The van der Waals surface area contributed by atoms with E-state index in [1.807, 2.05) is 6.92 Å². The lowest BCUT2D eigenvalue weighted by Gasteiger charge is -1.87. The first kappa shape index (κ1) is 5.22. The Bertz CT molecular complexity index is 148. The van der Waals surface area contributed by atoms with E-state index in [0.29, 0.717) is 0 Å². The molecule has 0 saturated heterocycles. The summed E-state index contributed by atoms with van der Waals surface area (Å²) in [4.78, 5) is 7.75. The number of aryl methyl sites for hydroxylation is 1. The van der Waals surface area contributed by atoms with Crippen molar-refractivity contribution in [1.82, 2.24) is 9.97 Å². The Hall–Kier alpha value is -0.920. The molecule has 1 heterocycles. The summed E-state index contributed by atoms with van der Waals surface area (Å²) >= 11 is 0. The molecule has 1 aromatic rings. The summed E-state index contributed by atoms with van der Waals surface area (Å²) in [6, 6.07) is 0. The van der Waals surface area contributed by atoms with Gasteiger partial charge in [0.25, 0.3) is 0 Å². The predicted octanol–water partition coefficient (Wildman–Crippen LogP) is 0.839. The average molecular weight is 107 g/mol. The summed E-state index contributed by atoms with van der Waals surface area (Å²) in [5, 5.41) is 0. The standard InChI is InChI=1S/C6H7N2/c1-2-6-5-7-3-4-8-6/h4-5H,2H2,1H3. The van der Waals surface area contributed by atoms with Crippen LogP contribution in [0.4, 0.5) is 0 Å². The van der Waals surface area contributed by atoms with E-state index in [-0.39, 0.29) is 0 Å². The lowest BCUT2D eigenvalue weighted by atomic mass is 10.4. The van der Waals surface area contributed by atoms with Gasteiger partial charge in [0.15, 0.2) is 0 Å². The van der Waals surface area contributed by atoms with E-state index < -0.39 is 0 Å². The molecule has 0 atom stereocenters. The van der Waals surface area contributed by atoms with Crippen LogP contribution in [0.25, 0.3) is 0 Å². The highest BCUT2D eigenvalue weighted by Crippen LogP contribution is 1.87. The molecule has 0 amide bonds. The predicted molar refractivity (Wildman–Crippen MR) is 30.2 cm³/mol. The summed E-state index contributed by atoms with van der Waals surface area (Å²) in [7, 11) is 0. The van der Waals surface area contributed by atoms with Gasteiger partial charge < -0.3 is 0 Å². The highest BCUT2D eigenvalue weighted by atomic mass is 14.8. The molecule has 0 N–H and O–H groups in total. The van der Waals surface area contributed by atoms with Crippen molar-refractivity contribution in [3.05, 3.63) is 24.3 Å². The van der Waals surface area contributed by atoms with Gasteiger partial charge in [0.2, 0.25) is 0 Å². The van der Waals surface area contributed by atoms with Crippen molar-refractivity contribution in [2.75, 3.05) is 0 Å². The van der Waals surface area contributed by atoms with Crippen LogP contribution in [0.3, 0.4) is 0 Å². The number of nitrogens with zero attached hydrogens (tertiary/aromatic N) is 2. The zero-order chi connectivity index (χ0) is 5.82. The molecule has 0 saturated carbocycles. The van der Waals surface area contributed by atoms with Gasteiger partial charge in [-0.1, -0.05) is 6.92 Å². The minimum atomic E-state index is 0.946. The summed E-state index contributed by atoms with van der Waals surface area (Å²) in [5.41, 5.74) is 1.02. The second-order valence-electron chi connectivity index (χ2n) is 1.49. The minimum Gasteiger partial charge on any atom is -0.257 e. The maximum absolute atomic E-state index is 3.98. The second-order valence-corrected chi connectivity index (χ2v) is 1.49. The van der Waals surface area contributed by atoms with E-state index in [9.17, 15) is 0 Å². The van der Waals surface area contributed by atoms with E-state index in [2.05, 4.69) is 16.2 Å². The van der Waals surface area contributed by atoms with Gasteiger partial charge in [-0.25, -0.2) is 0 Å². The molecular formula is C6H7N2. The van der Waals surface area contributed by atoms with Gasteiger partial charge in [0, 0.05) is 6.20 Å². The van der Waals surface area contributed by atoms with Crippen molar-refractivity contribution in [3.63, 3.8) is 0 Å². The van der Waals surface area contributed by atoms with Crippen molar-refractivity contribution in [2.45, 2.75) is 13.3 Å². The first-order chi connectivity index (χ1) is 3.93. The van der Waals surface area contributed by atoms with E-state index in [0.717, 1.165) is 12.1 Å². The molecule has 0 aliphatic carbocycles. The van der Waals surface area contributed by atoms with E-state index >= 15 is 0 Å². The molecule has 0 bridgehead atoms. The zero-order valence-electron chi connectivity index (χ0n) is 4.76. The Morgan fingerprint density at radius 1 is 1.75 bits per heavy atom. The maximum atomic E-state index is 3.98. The fourth-order valence-corrected chi connectivity index (χ4v) is 0.473. The Morgan fingerprint density at radius 2 is 2.62 bits per heavy atom. The van der Waals surface area contributed by atoms with Crippen molar-refractivity contribution in [2.24, 2.45) is 0 Å². The fourth-order valence-electron chi connectivity index (χ4n) is 0.473. The lowest BCUT2D eigenvalue weighted by molar-refractivity contribution is 0.996. The van der Waals surface area contributed by atoms with E-state index in [1.54, 1.807) is 12.4 Å². The SMILES string of the molecule is CCc1cn[c]cn1. The Labute approximate surface area is 48.6 Å². The lowest BCUT2D eigenvalue weighted by Crippen LogP contribution is -1.84. The number of aromatic nitrogens is 2. The van der Waals surface area contributed by atoms with Crippen LogP contribution < -0.4 is 0 Å². The van der Waals surface area contributed by atoms with Crippen molar-refractivity contribution >= 4 is 0 Å². The minimum absolute atomic E-state index is 0.946. The third kappa shape index (κ3) is 1.03. The van der Waals surface area contributed by atoms with Crippen LogP contribution in [0, 0.1) is 6.20 Å². The van der Waals surface area contributed by atoms with Crippen LogP contribution in [0.2, 0.25) is 0 Å². The molecular weight excluding hydrogens is 100 g/mol. The Balaban J connectivity index is 2.83. The number of hydrogen-bond acceptors (Lipinski definition) is 2. The third-order valence-electron chi connectivity index (χ3n) is 0.938. The molecule has 2 heteroatoms. The summed E-state index contributed by atoms with van der Waals surface area (Å²) in [6.07, 6.45) is 6.86.